The highest BCUT2D eigenvalue weighted by Crippen LogP contribution is 2.30. The summed E-state index contributed by atoms with van der Waals surface area (Å²) in [5, 5.41) is 3.91. The van der Waals surface area contributed by atoms with Gasteiger partial charge in [-0.1, -0.05) is 5.16 Å². The van der Waals surface area contributed by atoms with Crippen LogP contribution in [0.1, 0.15) is 0 Å². The molecule has 0 atom stereocenters. The van der Waals surface area contributed by atoms with E-state index in [9.17, 15) is 4.39 Å². The van der Waals surface area contributed by atoms with Crippen LogP contribution in [0.15, 0.2) is 47.0 Å². The molecule has 0 N–H and O–H groups in total. The van der Waals surface area contributed by atoms with E-state index in [1.54, 1.807) is 44.6 Å². The molecule has 0 spiro atoms. The minimum atomic E-state index is -0.315. The van der Waals surface area contributed by atoms with Crippen LogP contribution in [-0.2, 0) is 0 Å². The predicted octanol–water partition coefficient (Wildman–Crippen LogP) is 3.56. The highest BCUT2D eigenvalue weighted by Gasteiger charge is 2.13. The molecule has 2 aromatic carbocycles. The van der Waals surface area contributed by atoms with Gasteiger partial charge in [0.2, 0.25) is 5.82 Å². The van der Waals surface area contributed by atoms with E-state index in [1.165, 1.54) is 12.1 Å². The molecule has 0 bridgehead atoms. The minimum Gasteiger partial charge on any atom is -0.497 e. The Morgan fingerprint density at radius 2 is 1.55 bits per heavy atom. The van der Waals surface area contributed by atoms with Gasteiger partial charge in [0.1, 0.15) is 17.3 Å². The van der Waals surface area contributed by atoms with E-state index in [0.717, 1.165) is 0 Å². The second kappa shape index (κ2) is 5.85. The number of rotatable bonds is 4. The zero-order chi connectivity index (χ0) is 15.5. The minimum absolute atomic E-state index is 0.315. The van der Waals surface area contributed by atoms with Gasteiger partial charge >= 0.3 is 0 Å². The molecule has 3 aromatic rings. The average molecular weight is 300 g/mol. The Labute approximate surface area is 126 Å². The molecule has 1 aromatic heterocycles. The van der Waals surface area contributed by atoms with Crippen LogP contribution in [-0.4, -0.2) is 24.4 Å². The number of ether oxygens (including phenoxy) is 2. The number of nitrogens with zero attached hydrogens (tertiary/aromatic N) is 2. The molecule has 0 fully saturated rings. The van der Waals surface area contributed by atoms with Crippen LogP contribution in [0.4, 0.5) is 4.39 Å². The summed E-state index contributed by atoms with van der Waals surface area (Å²) in [4.78, 5) is 4.32. The highest BCUT2D eigenvalue weighted by atomic mass is 19.1. The van der Waals surface area contributed by atoms with Crippen LogP contribution in [0.5, 0.6) is 11.5 Å². The first-order valence-electron chi connectivity index (χ1n) is 6.52. The van der Waals surface area contributed by atoms with Crippen molar-refractivity contribution in [2.24, 2.45) is 0 Å². The second-order valence-corrected chi connectivity index (χ2v) is 4.53. The maximum absolute atomic E-state index is 12.9. The number of aromatic nitrogens is 2. The van der Waals surface area contributed by atoms with E-state index < -0.39 is 0 Å². The lowest BCUT2D eigenvalue weighted by Crippen LogP contribution is -1.89. The lowest BCUT2D eigenvalue weighted by Gasteiger charge is -2.05. The molecule has 0 saturated heterocycles. The Hall–Kier alpha value is -2.89. The van der Waals surface area contributed by atoms with E-state index in [4.69, 9.17) is 14.0 Å². The molecular weight excluding hydrogens is 287 g/mol. The summed E-state index contributed by atoms with van der Waals surface area (Å²) in [6.07, 6.45) is 0. The lowest BCUT2D eigenvalue weighted by atomic mass is 10.2. The van der Waals surface area contributed by atoms with Crippen LogP contribution in [0.25, 0.3) is 22.8 Å². The van der Waals surface area contributed by atoms with Crippen molar-refractivity contribution in [3.8, 4) is 34.3 Å². The molecular formula is C16H13FN2O3. The molecule has 0 radical (unpaired) electrons. The van der Waals surface area contributed by atoms with Gasteiger partial charge in [0, 0.05) is 17.2 Å². The molecule has 0 amide bonds. The predicted molar refractivity (Wildman–Crippen MR) is 78.2 cm³/mol. The van der Waals surface area contributed by atoms with Gasteiger partial charge in [-0.05, 0) is 36.4 Å². The first kappa shape index (κ1) is 14.1. The molecule has 0 saturated carbocycles. The van der Waals surface area contributed by atoms with Crippen molar-refractivity contribution in [3.63, 3.8) is 0 Å². The monoisotopic (exact) mass is 300 g/mol. The van der Waals surface area contributed by atoms with Crippen molar-refractivity contribution in [1.29, 1.82) is 0 Å². The van der Waals surface area contributed by atoms with Crippen molar-refractivity contribution < 1.29 is 18.4 Å². The first-order chi connectivity index (χ1) is 10.7. The summed E-state index contributed by atoms with van der Waals surface area (Å²) >= 11 is 0. The van der Waals surface area contributed by atoms with Gasteiger partial charge in [0.15, 0.2) is 0 Å². The quantitative estimate of drug-likeness (QED) is 0.737. The number of halogens is 1. The zero-order valence-electron chi connectivity index (χ0n) is 12.0. The van der Waals surface area contributed by atoms with Crippen LogP contribution >= 0.6 is 0 Å². The normalized spacial score (nSPS) is 10.5. The summed E-state index contributed by atoms with van der Waals surface area (Å²) in [5.74, 6) is 1.64. The summed E-state index contributed by atoms with van der Waals surface area (Å²) in [5.41, 5.74) is 1.35. The summed E-state index contributed by atoms with van der Waals surface area (Å²) in [7, 11) is 3.13. The fourth-order valence-corrected chi connectivity index (χ4v) is 1.99. The summed E-state index contributed by atoms with van der Waals surface area (Å²) < 4.78 is 28.6. The zero-order valence-corrected chi connectivity index (χ0v) is 12.0. The van der Waals surface area contributed by atoms with Crippen LogP contribution < -0.4 is 9.47 Å². The van der Waals surface area contributed by atoms with Gasteiger partial charge in [0.25, 0.3) is 5.89 Å². The smallest absolute Gasteiger partial charge is 0.258 e. The Balaban J connectivity index is 1.98. The molecule has 5 nitrogen and oxygen atoms in total. The fraction of sp³-hybridized carbons (Fsp3) is 0.125. The fourth-order valence-electron chi connectivity index (χ4n) is 1.99. The van der Waals surface area contributed by atoms with Gasteiger partial charge in [-0.2, -0.15) is 4.98 Å². The lowest BCUT2D eigenvalue weighted by molar-refractivity contribution is 0.393. The molecule has 1 heterocycles. The van der Waals surface area contributed by atoms with Crippen molar-refractivity contribution >= 4 is 0 Å². The number of methoxy groups -OCH3 is 2. The van der Waals surface area contributed by atoms with Crippen molar-refractivity contribution in [2.75, 3.05) is 14.2 Å². The number of benzene rings is 2. The summed E-state index contributed by atoms with van der Waals surface area (Å²) in [6.45, 7) is 0. The molecule has 6 heteroatoms. The Kier molecular flexibility index (Phi) is 3.74. The van der Waals surface area contributed by atoms with Gasteiger partial charge in [0.05, 0.1) is 14.2 Å². The molecule has 0 aliphatic heterocycles. The van der Waals surface area contributed by atoms with E-state index in [2.05, 4.69) is 10.1 Å². The third kappa shape index (κ3) is 2.76. The third-order valence-electron chi connectivity index (χ3n) is 3.13. The largest absolute Gasteiger partial charge is 0.497 e. The van der Waals surface area contributed by atoms with Crippen LogP contribution in [0.3, 0.4) is 0 Å². The average Bonchev–Trinajstić information content (AvgIpc) is 3.05. The van der Waals surface area contributed by atoms with Gasteiger partial charge in [-0.3, -0.25) is 0 Å². The SMILES string of the molecule is COc1cc(OC)cc(-c2nc(-c3ccc(F)cc3)no2)c1. The maximum atomic E-state index is 12.9. The standard InChI is InChI=1S/C16H13FN2O3/c1-20-13-7-11(8-14(9-13)21-2)16-18-15(19-22-16)10-3-5-12(17)6-4-10/h3-9H,1-2H3. The van der Waals surface area contributed by atoms with Crippen molar-refractivity contribution in [1.82, 2.24) is 10.1 Å². The molecule has 22 heavy (non-hydrogen) atoms. The molecule has 0 aliphatic carbocycles. The van der Waals surface area contributed by atoms with E-state index >= 15 is 0 Å². The van der Waals surface area contributed by atoms with E-state index in [0.29, 0.717) is 34.3 Å². The van der Waals surface area contributed by atoms with Gasteiger partial charge in [-0.25, -0.2) is 4.39 Å². The molecule has 0 unspecified atom stereocenters. The van der Waals surface area contributed by atoms with Gasteiger partial charge in [-0.15, -0.1) is 0 Å². The van der Waals surface area contributed by atoms with Crippen molar-refractivity contribution in [3.05, 3.63) is 48.3 Å². The Bertz CT molecular complexity index is 762. The number of hydrogen-bond donors (Lipinski definition) is 0. The van der Waals surface area contributed by atoms with E-state index in [-0.39, 0.29) is 5.82 Å². The van der Waals surface area contributed by atoms with Gasteiger partial charge < -0.3 is 14.0 Å². The van der Waals surface area contributed by atoms with Crippen LogP contribution in [0, 0.1) is 5.82 Å². The molecule has 0 aliphatic rings. The number of hydrogen-bond acceptors (Lipinski definition) is 5. The topological polar surface area (TPSA) is 57.4 Å². The maximum Gasteiger partial charge on any atom is 0.258 e. The van der Waals surface area contributed by atoms with E-state index in [1.807, 2.05) is 0 Å². The van der Waals surface area contributed by atoms with Crippen molar-refractivity contribution in [2.45, 2.75) is 0 Å². The second-order valence-electron chi connectivity index (χ2n) is 4.53. The first-order valence-corrected chi connectivity index (χ1v) is 6.52. The Morgan fingerprint density at radius 3 is 2.14 bits per heavy atom. The summed E-state index contributed by atoms with van der Waals surface area (Å²) in [6, 6.07) is 11.2. The highest BCUT2D eigenvalue weighted by molar-refractivity contribution is 5.62. The molecule has 112 valence electrons. The molecule has 3 rings (SSSR count). The third-order valence-corrected chi connectivity index (χ3v) is 3.13. The Morgan fingerprint density at radius 1 is 0.909 bits per heavy atom. The van der Waals surface area contributed by atoms with Crippen LogP contribution in [0.2, 0.25) is 0 Å².